The molecule has 0 aliphatic heterocycles. The van der Waals surface area contributed by atoms with E-state index in [0.717, 1.165) is 6.42 Å². The van der Waals surface area contributed by atoms with Gasteiger partial charge in [-0.1, -0.05) is 7.43 Å². The summed E-state index contributed by atoms with van der Waals surface area (Å²) in [4.78, 5) is 0. The average molecular weight is 267 g/mol. The van der Waals surface area contributed by atoms with E-state index >= 15 is 0 Å². The Morgan fingerprint density at radius 2 is 2.14 bits per heavy atom. The Labute approximate surface area is 59.0 Å². The molecule has 0 fully saturated rings. The second-order valence-corrected chi connectivity index (χ2v) is 1.00. The van der Waals surface area contributed by atoms with Crippen LogP contribution in [0.3, 0.4) is 0 Å². The third-order valence-electron chi connectivity index (χ3n) is 0.586. The predicted molar refractivity (Wildman–Crippen MR) is 28.3 cm³/mol. The molecule has 1 aliphatic rings. The number of hydrogen-bond acceptors (Lipinski definition) is 0. The van der Waals surface area contributed by atoms with Gasteiger partial charge < -0.3 is 0 Å². The topological polar surface area (TPSA) is 0 Å². The molecule has 0 saturated carbocycles. The van der Waals surface area contributed by atoms with Gasteiger partial charge in [0.1, 0.15) is 0 Å². The van der Waals surface area contributed by atoms with Gasteiger partial charge in [-0.2, -0.15) is 6.08 Å². The van der Waals surface area contributed by atoms with Crippen molar-refractivity contribution in [2.45, 2.75) is 13.8 Å². The van der Waals surface area contributed by atoms with Crippen molar-refractivity contribution < 1.29 is 20.4 Å². The van der Waals surface area contributed by atoms with Crippen molar-refractivity contribution in [1.82, 2.24) is 0 Å². The molecule has 0 aromatic heterocycles. The Balaban J connectivity index is 0. The molecule has 0 spiro atoms. The van der Waals surface area contributed by atoms with Gasteiger partial charge in [-0.25, -0.2) is 12.2 Å². The van der Waals surface area contributed by atoms with Crippen LogP contribution in [-0.4, -0.2) is 0 Å². The SMILES string of the molecule is C.[C-]1=CC=CC1.[Re]. The summed E-state index contributed by atoms with van der Waals surface area (Å²) in [6.45, 7) is 0. The summed E-state index contributed by atoms with van der Waals surface area (Å²) in [5, 5.41) is 0. The van der Waals surface area contributed by atoms with E-state index < -0.39 is 0 Å². The van der Waals surface area contributed by atoms with Crippen molar-refractivity contribution in [3.05, 3.63) is 24.3 Å². The smallest absolute Gasteiger partial charge is 0 e. The van der Waals surface area contributed by atoms with Crippen molar-refractivity contribution >= 4 is 0 Å². The quantitative estimate of drug-likeness (QED) is 0.588. The van der Waals surface area contributed by atoms with Crippen molar-refractivity contribution in [3.8, 4) is 0 Å². The molecular formula is C6H9Re-. The fraction of sp³-hybridized carbons (Fsp3) is 0.333. The van der Waals surface area contributed by atoms with Crippen molar-refractivity contribution in [2.24, 2.45) is 0 Å². The number of allylic oxidation sites excluding steroid dienone is 4. The van der Waals surface area contributed by atoms with Gasteiger partial charge in [0.2, 0.25) is 0 Å². The van der Waals surface area contributed by atoms with Gasteiger partial charge >= 0.3 is 0 Å². The van der Waals surface area contributed by atoms with Crippen LogP contribution in [0.4, 0.5) is 0 Å². The first-order chi connectivity index (χ1) is 2.50. The Morgan fingerprint density at radius 1 is 1.43 bits per heavy atom. The summed E-state index contributed by atoms with van der Waals surface area (Å²) >= 11 is 0. The van der Waals surface area contributed by atoms with Gasteiger partial charge in [0, 0.05) is 20.4 Å². The molecule has 0 nitrogen and oxygen atoms in total. The Bertz CT molecular complexity index is 62.2. The fourth-order valence-corrected chi connectivity index (χ4v) is 0.340. The van der Waals surface area contributed by atoms with Gasteiger partial charge in [0.25, 0.3) is 0 Å². The molecule has 0 aromatic carbocycles. The molecule has 1 heteroatoms. The van der Waals surface area contributed by atoms with Crippen LogP contribution in [0, 0.1) is 6.08 Å². The molecule has 1 rings (SSSR count). The van der Waals surface area contributed by atoms with Crippen molar-refractivity contribution in [2.75, 3.05) is 0 Å². The van der Waals surface area contributed by atoms with E-state index in [1.165, 1.54) is 0 Å². The molecule has 0 amide bonds. The molecule has 41 valence electrons. The van der Waals surface area contributed by atoms with Crippen molar-refractivity contribution in [3.63, 3.8) is 0 Å². The summed E-state index contributed by atoms with van der Waals surface area (Å²) in [5.41, 5.74) is 0. The van der Waals surface area contributed by atoms with E-state index in [9.17, 15) is 0 Å². The van der Waals surface area contributed by atoms with Crippen molar-refractivity contribution in [1.29, 1.82) is 0 Å². The van der Waals surface area contributed by atoms with Gasteiger partial charge in [-0.05, 0) is 0 Å². The summed E-state index contributed by atoms with van der Waals surface area (Å²) in [7, 11) is 0. The molecule has 0 atom stereocenters. The third kappa shape index (κ3) is 3.99. The van der Waals surface area contributed by atoms with Crippen LogP contribution in [0.15, 0.2) is 18.2 Å². The van der Waals surface area contributed by atoms with E-state index in [1.807, 2.05) is 12.2 Å². The second-order valence-electron chi connectivity index (χ2n) is 1.00. The predicted octanol–water partition coefficient (Wildman–Crippen LogP) is 1.94. The van der Waals surface area contributed by atoms with E-state index in [2.05, 4.69) is 12.2 Å². The molecule has 0 N–H and O–H groups in total. The summed E-state index contributed by atoms with van der Waals surface area (Å²) in [5.74, 6) is 0. The maximum atomic E-state index is 2.99. The zero-order valence-electron chi connectivity index (χ0n) is 3.32. The van der Waals surface area contributed by atoms with Crippen LogP contribution in [0.25, 0.3) is 0 Å². The molecule has 1 radical (unpaired) electrons. The Hall–Kier alpha value is 0.142. The second kappa shape index (κ2) is 6.14. The normalized spacial score (nSPS) is 12.6. The van der Waals surface area contributed by atoms with Crippen LogP contribution in [0.1, 0.15) is 13.8 Å². The monoisotopic (exact) mass is 268 g/mol. The average Bonchev–Trinajstić information content (AvgIpc) is 1.76. The minimum Gasteiger partial charge on any atom is -0.273 e. The van der Waals surface area contributed by atoms with Gasteiger partial charge in [-0.3, -0.25) is 6.08 Å². The summed E-state index contributed by atoms with van der Waals surface area (Å²) < 4.78 is 0. The Morgan fingerprint density at radius 3 is 2.29 bits per heavy atom. The first-order valence-corrected chi connectivity index (χ1v) is 1.72. The molecule has 0 aromatic rings. The summed E-state index contributed by atoms with van der Waals surface area (Å²) in [6, 6.07) is 0. The molecule has 0 unspecified atom stereocenters. The molecule has 7 heavy (non-hydrogen) atoms. The molecule has 0 bridgehead atoms. The zero-order chi connectivity index (χ0) is 3.54. The standard InChI is InChI=1S/C5H5.CH4.Re/c1-2-4-5-3-1;;/h1-3H,4H2;1H4;/q-1;;. The maximum absolute atomic E-state index is 2.99. The fourth-order valence-electron chi connectivity index (χ4n) is 0.340. The minimum atomic E-state index is 0. The van der Waals surface area contributed by atoms with E-state index in [-0.39, 0.29) is 27.8 Å². The first-order valence-electron chi connectivity index (χ1n) is 1.72. The minimum absolute atomic E-state index is 0. The summed E-state index contributed by atoms with van der Waals surface area (Å²) in [6.07, 6.45) is 10.0. The third-order valence-corrected chi connectivity index (χ3v) is 0.586. The largest absolute Gasteiger partial charge is 0.273 e. The van der Waals surface area contributed by atoms with Crippen LogP contribution in [0.2, 0.25) is 0 Å². The molecule has 1 aliphatic carbocycles. The Kier molecular flexibility index (Phi) is 8.94. The van der Waals surface area contributed by atoms with Crippen LogP contribution in [-0.2, 0) is 20.4 Å². The number of hydrogen-bond donors (Lipinski definition) is 0. The van der Waals surface area contributed by atoms with Crippen LogP contribution < -0.4 is 0 Å². The molecule has 0 heterocycles. The van der Waals surface area contributed by atoms with E-state index in [0.29, 0.717) is 0 Å². The van der Waals surface area contributed by atoms with Crippen LogP contribution >= 0.6 is 0 Å². The molecule has 0 saturated heterocycles. The van der Waals surface area contributed by atoms with E-state index in [4.69, 9.17) is 0 Å². The van der Waals surface area contributed by atoms with Gasteiger partial charge in [0.15, 0.2) is 0 Å². The zero-order valence-corrected chi connectivity index (χ0v) is 6.03. The van der Waals surface area contributed by atoms with E-state index in [1.54, 1.807) is 0 Å². The van der Waals surface area contributed by atoms with Gasteiger partial charge in [-0.15, -0.1) is 6.42 Å². The maximum Gasteiger partial charge on any atom is 0 e. The number of rotatable bonds is 0. The first kappa shape index (κ1) is 10.2. The molecular weight excluding hydrogens is 258 g/mol. The van der Waals surface area contributed by atoms with Crippen LogP contribution in [0.5, 0.6) is 0 Å². The van der Waals surface area contributed by atoms with Gasteiger partial charge in [0.05, 0.1) is 0 Å².